The molecule has 0 atom stereocenters. The van der Waals surface area contributed by atoms with Gasteiger partial charge in [0, 0.05) is 18.9 Å². The first kappa shape index (κ1) is 17.9. The molecule has 0 aliphatic heterocycles. The maximum atomic E-state index is 12.2. The predicted molar refractivity (Wildman–Crippen MR) is 94.7 cm³/mol. The molecular formula is C17H21N3O3S. The van der Waals surface area contributed by atoms with Crippen molar-refractivity contribution in [1.82, 2.24) is 10.3 Å². The summed E-state index contributed by atoms with van der Waals surface area (Å²) in [7, 11) is -3.46. The first-order valence-corrected chi connectivity index (χ1v) is 9.37. The second-order valence-electron chi connectivity index (χ2n) is 5.57. The average molecular weight is 347 g/mol. The van der Waals surface area contributed by atoms with Crippen LogP contribution in [0.2, 0.25) is 0 Å². The van der Waals surface area contributed by atoms with Gasteiger partial charge in [-0.1, -0.05) is 18.2 Å². The number of carbonyl (C=O) groups excluding carboxylic acids is 1. The van der Waals surface area contributed by atoms with Crippen LogP contribution in [0.4, 0.5) is 5.69 Å². The number of sulfonamides is 1. The van der Waals surface area contributed by atoms with Crippen molar-refractivity contribution in [2.75, 3.05) is 23.7 Å². The Morgan fingerprint density at radius 3 is 2.38 bits per heavy atom. The molecule has 1 aromatic carbocycles. The molecular weight excluding hydrogens is 326 g/mol. The number of carbonyl (C=O) groups is 1. The van der Waals surface area contributed by atoms with Crippen molar-refractivity contribution in [2.24, 2.45) is 0 Å². The SMILES string of the molecule is Cc1cccc(C)c1N(CCNC(=O)c1cccnc1)S(C)(=O)=O. The normalized spacial score (nSPS) is 11.1. The van der Waals surface area contributed by atoms with Gasteiger partial charge in [0.2, 0.25) is 10.0 Å². The second-order valence-corrected chi connectivity index (χ2v) is 7.48. The van der Waals surface area contributed by atoms with E-state index in [0.717, 1.165) is 11.1 Å². The van der Waals surface area contributed by atoms with Crippen LogP contribution >= 0.6 is 0 Å². The van der Waals surface area contributed by atoms with Crippen molar-refractivity contribution in [2.45, 2.75) is 13.8 Å². The molecule has 7 heteroatoms. The monoisotopic (exact) mass is 347 g/mol. The van der Waals surface area contributed by atoms with Crippen molar-refractivity contribution in [3.63, 3.8) is 0 Å². The van der Waals surface area contributed by atoms with Crippen molar-refractivity contribution < 1.29 is 13.2 Å². The molecule has 0 aliphatic carbocycles. The summed E-state index contributed by atoms with van der Waals surface area (Å²) in [5, 5.41) is 2.73. The van der Waals surface area contributed by atoms with Crippen LogP contribution in [-0.4, -0.2) is 38.7 Å². The van der Waals surface area contributed by atoms with Crippen LogP contribution in [0, 0.1) is 13.8 Å². The molecule has 128 valence electrons. The Balaban J connectivity index is 2.13. The predicted octanol–water partition coefficient (Wildman–Crippen LogP) is 1.89. The number of benzene rings is 1. The Kier molecular flexibility index (Phi) is 5.56. The highest BCUT2D eigenvalue weighted by atomic mass is 32.2. The second kappa shape index (κ2) is 7.44. The van der Waals surface area contributed by atoms with E-state index in [4.69, 9.17) is 0 Å². The zero-order valence-electron chi connectivity index (χ0n) is 14.0. The number of aromatic nitrogens is 1. The average Bonchev–Trinajstić information content (AvgIpc) is 2.52. The Hall–Kier alpha value is -2.41. The number of para-hydroxylation sites is 1. The standard InChI is InChI=1S/C17H21N3O3S/c1-13-6-4-7-14(2)16(13)20(24(3,22)23)11-10-19-17(21)15-8-5-9-18-12-15/h4-9,12H,10-11H2,1-3H3,(H,19,21). The summed E-state index contributed by atoms with van der Waals surface area (Å²) >= 11 is 0. The first-order valence-electron chi connectivity index (χ1n) is 7.53. The number of pyridine rings is 1. The van der Waals surface area contributed by atoms with Gasteiger partial charge in [0.1, 0.15) is 0 Å². The van der Waals surface area contributed by atoms with E-state index in [9.17, 15) is 13.2 Å². The molecule has 0 saturated carbocycles. The lowest BCUT2D eigenvalue weighted by Gasteiger charge is -2.26. The molecule has 1 heterocycles. The summed E-state index contributed by atoms with van der Waals surface area (Å²) in [4.78, 5) is 15.9. The Morgan fingerprint density at radius 1 is 1.17 bits per heavy atom. The molecule has 0 fully saturated rings. The maximum absolute atomic E-state index is 12.2. The molecule has 6 nitrogen and oxygen atoms in total. The number of rotatable bonds is 6. The molecule has 1 N–H and O–H groups in total. The van der Waals surface area contributed by atoms with Crippen molar-refractivity contribution in [1.29, 1.82) is 0 Å². The third-order valence-electron chi connectivity index (χ3n) is 3.61. The highest BCUT2D eigenvalue weighted by molar-refractivity contribution is 7.92. The minimum Gasteiger partial charge on any atom is -0.350 e. The molecule has 0 bridgehead atoms. The van der Waals surface area contributed by atoms with Gasteiger partial charge < -0.3 is 5.32 Å². The van der Waals surface area contributed by atoms with Crippen molar-refractivity contribution in [3.8, 4) is 0 Å². The van der Waals surface area contributed by atoms with E-state index < -0.39 is 10.0 Å². The van der Waals surface area contributed by atoms with Gasteiger partial charge in [-0.05, 0) is 37.1 Å². The fraction of sp³-hybridized carbons (Fsp3) is 0.294. The Labute approximate surface area is 142 Å². The van der Waals surface area contributed by atoms with Crippen LogP contribution in [0.1, 0.15) is 21.5 Å². The lowest BCUT2D eigenvalue weighted by molar-refractivity contribution is 0.0954. The van der Waals surface area contributed by atoms with Crippen LogP contribution in [0.15, 0.2) is 42.7 Å². The fourth-order valence-corrected chi connectivity index (χ4v) is 3.56. The molecule has 0 unspecified atom stereocenters. The summed E-state index contributed by atoms with van der Waals surface area (Å²) in [6.07, 6.45) is 4.22. The molecule has 0 aliphatic rings. The number of nitrogens with one attached hydrogen (secondary N) is 1. The van der Waals surface area contributed by atoms with Gasteiger partial charge in [-0.3, -0.25) is 14.1 Å². The van der Waals surface area contributed by atoms with E-state index in [1.807, 2.05) is 32.0 Å². The Bertz CT molecular complexity index is 800. The van der Waals surface area contributed by atoms with Gasteiger partial charge in [0.25, 0.3) is 5.91 Å². The van der Waals surface area contributed by atoms with Gasteiger partial charge >= 0.3 is 0 Å². The lowest BCUT2D eigenvalue weighted by atomic mass is 10.1. The van der Waals surface area contributed by atoms with Gasteiger partial charge in [0.15, 0.2) is 0 Å². The summed E-state index contributed by atoms with van der Waals surface area (Å²) in [6, 6.07) is 8.96. The van der Waals surface area contributed by atoms with E-state index in [0.29, 0.717) is 11.3 Å². The minimum atomic E-state index is -3.46. The Morgan fingerprint density at radius 2 is 1.83 bits per heavy atom. The van der Waals surface area contributed by atoms with Gasteiger partial charge in [0.05, 0.1) is 24.1 Å². The van der Waals surface area contributed by atoms with Gasteiger partial charge in [-0.25, -0.2) is 8.42 Å². The molecule has 2 rings (SSSR count). The van der Waals surface area contributed by atoms with Crippen molar-refractivity contribution in [3.05, 3.63) is 59.4 Å². The molecule has 1 aromatic heterocycles. The van der Waals surface area contributed by atoms with Crippen LogP contribution in [0.25, 0.3) is 0 Å². The maximum Gasteiger partial charge on any atom is 0.252 e. The number of nitrogens with zero attached hydrogens (tertiary/aromatic N) is 2. The molecule has 2 aromatic rings. The van der Waals surface area contributed by atoms with Crippen LogP contribution in [-0.2, 0) is 10.0 Å². The van der Waals surface area contributed by atoms with E-state index >= 15 is 0 Å². The third kappa shape index (κ3) is 4.32. The van der Waals surface area contributed by atoms with E-state index in [2.05, 4.69) is 10.3 Å². The quantitative estimate of drug-likeness (QED) is 0.865. The van der Waals surface area contributed by atoms with Crippen LogP contribution < -0.4 is 9.62 Å². The summed E-state index contributed by atoms with van der Waals surface area (Å²) in [6.45, 7) is 4.11. The highest BCUT2D eigenvalue weighted by Crippen LogP contribution is 2.26. The number of aryl methyl sites for hydroxylation is 2. The van der Waals surface area contributed by atoms with Gasteiger partial charge in [-0.2, -0.15) is 0 Å². The van der Waals surface area contributed by atoms with Crippen LogP contribution in [0.3, 0.4) is 0 Å². The van der Waals surface area contributed by atoms with E-state index in [1.54, 1.807) is 18.3 Å². The molecule has 0 radical (unpaired) electrons. The first-order chi connectivity index (χ1) is 11.3. The summed E-state index contributed by atoms with van der Waals surface area (Å²) < 4.78 is 25.7. The molecule has 0 saturated heterocycles. The number of hydrogen-bond donors (Lipinski definition) is 1. The molecule has 0 spiro atoms. The summed E-state index contributed by atoms with van der Waals surface area (Å²) in [5.74, 6) is -0.280. The largest absolute Gasteiger partial charge is 0.350 e. The smallest absolute Gasteiger partial charge is 0.252 e. The third-order valence-corrected chi connectivity index (χ3v) is 4.78. The lowest BCUT2D eigenvalue weighted by Crippen LogP contribution is -2.38. The molecule has 1 amide bonds. The van der Waals surface area contributed by atoms with E-state index in [-0.39, 0.29) is 19.0 Å². The summed E-state index contributed by atoms with van der Waals surface area (Å²) in [5.41, 5.74) is 2.85. The zero-order valence-corrected chi connectivity index (χ0v) is 14.8. The van der Waals surface area contributed by atoms with Crippen LogP contribution in [0.5, 0.6) is 0 Å². The number of anilines is 1. The number of hydrogen-bond acceptors (Lipinski definition) is 4. The fourth-order valence-electron chi connectivity index (χ4n) is 2.51. The zero-order chi connectivity index (χ0) is 17.7. The molecule has 24 heavy (non-hydrogen) atoms. The van der Waals surface area contributed by atoms with Gasteiger partial charge in [-0.15, -0.1) is 0 Å². The topological polar surface area (TPSA) is 79.4 Å². The minimum absolute atomic E-state index is 0.163. The van der Waals surface area contributed by atoms with E-state index in [1.165, 1.54) is 16.8 Å². The highest BCUT2D eigenvalue weighted by Gasteiger charge is 2.21. The van der Waals surface area contributed by atoms with Crippen molar-refractivity contribution >= 4 is 21.6 Å². The number of amides is 1.